The molecule has 0 fully saturated rings. The maximum atomic E-state index is 12.7. The van der Waals surface area contributed by atoms with E-state index in [2.05, 4.69) is 14.7 Å². The SMILES string of the molecule is Cc1ccc(S(=O)(=O)Nc2nccnc2OCc2ccccc2-c2ccccc2)cc1. The topological polar surface area (TPSA) is 81.2 Å². The standard InChI is InChI=1S/C24H21N3O3S/c1-18-11-13-21(14-12-18)31(28,29)27-23-24(26-16-15-25-23)30-17-20-9-5-6-10-22(20)19-7-3-2-4-8-19/h2-16H,17H2,1H3,(H,25,27). The summed E-state index contributed by atoms with van der Waals surface area (Å²) in [5.41, 5.74) is 4.03. The number of hydrogen-bond donors (Lipinski definition) is 1. The zero-order valence-corrected chi connectivity index (χ0v) is 17.7. The molecule has 0 spiro atoms. The first-order valence-electron chi connectivity index (χ1n) is 9.69. The van der Waals surface area contributed by atoms with Gasteiger partial charge < -0.3 is 4.74 Å². The number of nitrogens with zero attached hydrogens (tertiary/aromatic N) is 2. The molecule has 1 aromatic heterocycles. The first kappa shape index (κ1) is 20.6. The van der Waals surface area contributed by atoms with Crippen LogP contribution in [0.4, 0.5) is 5.82 Å². The molecular formula is C24H21N3O3S. The number of benzene rings is 3. The molecular weight excluding hydrogens is 410 g/mol. The number of aromatic nitrogens is 2. The Morgan fingerprint density at radius 2 is 1.52 bits per heavy atom. The van der Waals surface area contributed by atoms with Gasteiger partial charge in [-0.3, -0.25) is 4.72 Å². The number of nitrogens with one attached hydrogen (secondary N) is 1. The summed E-state index contributed by atoms with van der Waals surface area (Å²) in [6, 6.07) is 24.4. The third-order valence-corrected chi connectivity index (χ3v) is 6.05. The Kier molecular flexibility index (Phi) is 5.95. The van der Waals surface area contributed by atoms with E-state index in [-0.39, 0.29) is 23.2 Å². The van der Waals surface area contributed by atoms with Gasteiger partial charge in [0, 0.05) is 12.4 Å². The minimum absolute atomic E-state index is 0.0419. The lowest BCUT2D eigenvalue weighted by molar-refractivity contribution is 0.295. The van der Waals surface area contributed by atoms with Crippen molar-refractivity contribution >= 4 is 15.8 Å². The molecule has 4 rings (SSSR count). The number of sulfonamides is 1. The summed E-state index contributed by atoms with van der Waals surface area (Å²) in [5, 5.41) is 0. The van der Waals surface area contributed by atoms with Crippen LogP contribution in [0, 0.1) is 6.92 Å². The summed E-state index contributed by atoms with van der Waals surface area (Å²) >= 11 is 0. The second kappa shape index (κ2) is 8.97. The van der Waals surface area contributed by atoms with E-state index in [1.54, 1.807) is 24.3 Å². The van der Waals surface area contributed by atoms with Crippen LogP contribution in [0.5, 0.6) is 5.88 Å². The molecule has 0 atom stereocenters. The number of aryl methyl sites for hydroxylation is 1. The first-order valence-corrected chi connectivity index (χ1v) is 11.2. The largest absolute Gasteiger partial charge is 0.470 e. The van der Waals surface area contributed by atoms with Gasteiger partial charge in [0.15, 0.2) is 0 Å². The first-order chi connectivity index (χ1) is 15.0. The van der Waals surface area contributed by atoms with Crippen LogP contribution in [0.25, 0.3) is 11.1 Å². The van der Waals surface area contributed by atoms with Crippen molar-refractivity contribution in [3.05, 3.63) is 102 Å². The third-order valence-electron chi connectivity index (χ3n) is 4.69. The molecule has 156 valence electrons. The van der Waals surface area contributed by atoms with E-state index in [1.807, 2.05) is 61.5 Å². The maximum Gasteiger partial charge on any atom is 0.263 e. The molecule has 0 bridgehead atoms. The summed E-state index contributed by atoms with van der Waals surface area (Å²) in [6.07, 6.45) is 2.87. The Morgan fingerprint density at radius 1 is 0.839 bits per heavy atom. The van der Waals surface area contributed by atoms with Gasteiger partial charge in [-0.05, 0) is 35.7 Å². The molecule has 1 heterocycles. The van der Waals surface area contributed by atoms with Crippen molar-refractivity contribution in [1.82, 2.24) is 9.97 Å². The highest BCUT2D eigenvalue weighted by Crippen LogP contribution is 2.27. The molecule has 0 saturated heterocycles. The summed E-state index contributed by atoms with van der Waals surface area (Å²) in [7, 11) is -3.82. The molecule has 4 aromatic rings. The van der Waals surface area contributed by atoms with Gasteiger partial charge in [-0.15, -0.1) is 0 Å². The number of hydrogen-bond acceptors (Lipinski definition) is 5. The summed E-state index contributed by atoms with van der Waals surface area (Å²) in [6.45, 7) is 2.11. The molecule has 0 aliphatic rings. The van der Waals surface area contributed by atoms with Crippen LogP contribution >= 0.6 is 0 Å². The van der Waals surface area contributed by atoms with Crippen LogP contribution in [0.2, 0.25) is 0 Å². The van der Waals surface area contributed by atoms with Gasteiger partial charge in [0.05, 0.1) is 4.90 Å². The lowest BCUT2D eigenvalue weighted by Crippen LogP contribution is -2.15. The highest BCUT2D eigenvalue weighted by molar-refractivity contribution is 7.92. The molecule has 31 heavy (non-hydrogen) atoms. The summed E-state index contributed by atoms with van der Waals surface area (Å²) < 4.78 is 33.9. The van der Waals surface area contributed by atoms with Gasteiger partial charge in [0.2, 0.25) is 5.82 Å². The Morgan fingerprint density at radius 3 is 2.29 bits per heavy atom. The average molecular weight is 432 g/mol. The fourth-order valence-corrected chi connectivity index (χ4v) is 4.10. The lowest BCUT2D eigenvalue weighted by atomic mass is 10.0. The minimum Gasteiger partial charge on any atom is -0.470 e. The van der Waals surface area contributed by atoms with Gasteiger partial charge in [-0.25, -0.2) is 18.4 Å². The van der Waals surface area contributed by atoms with Crippen LogP contribution in [0.15, 0.2) is 96.2 Å². The average Bonchev–Trinajstić information content (AvgIpc) is 2.79. The van der Waals surface area contributed by atoms with E-state index in [0.717, 1.165) is 22.3 Å². The highest BCUT2D eigenvalue weighted by Gasteiger charge is 2.18. The quantitative estimate of drug-likeness (QED) is 0.453. The van der Waals surface area contributed by atoms with Crippen molar-refractivity contribution in [3.8, 4) is 17.0 Å². The van der Waals surface area contributed by atoms with Crippen molar-refractivity contribution in [1.29, 1.82) is 0 Å². The van der Waals surface area contributed by atoms with E-state index in [0.29, 0.717) is 0 Å². The molecule has 6 nitrogen and oxygen atoms in total. The molecule has 0 saturated carbocycles. The lowest BCUT2D eigenvalue weighted by Gasteiger charge is -2.13. The second-order valence-electron chi connectivity index (χ2n) is 6.94. The monoisotopic (exact) mass is 431 g/mol. The van der Waals surface area contributed by atoms with Gasteiger partial charge >= 0.3 is 0 Å². The minimum atomic E-state index is -3.82. The zero-order valence-electron chi connectivity index (χ0n) is 16.9. The summed E-state index contributed by atoms with van der Waals surface area (Å²) in [5.74, 6) is 0.154. The third kappa shape index (κ3) is 4.90. The van der Waals surface area contributed by atoms with E-state index >= 15 is 0 Å². The molecule has 0 radical (unpaired) electrons. The molecule has 0 aliphatic carbocycles. The van der Waals surface area contributed by atoms with Gasteiger partial charge in [0.25, 0.3) is 15.9 Å². The van der Waals surface area contributed by atoms with E-state index < -0.39 is 10.0 Å². The van der Waals surface area contributed by atoms with Gasteiger partial charge in [0.1, 0.15) is 6.61 Å². The van der Waals surface area contributed by atoms with Crippen molar-refractivity contribution in [2.24, 2.45) is 0 Å². The Bertz CT molecular complexity index is 1270. The second-order valence-corrected chi connectivity index (χ2v) is 8.62. The fourth-order valence-electron chi connectivity index (χ4n) is 3.10. The fraction of sp³-hybridized carbons (Fsp3) is 0.0833. The predicted octanol–water partition coefficient (Wildman–Crippen LogP) is 4.83. The van der Waals surface area contributed by atoms with E-state index in [4.69, 9.17) is 4.74 Å². The van der Waals surface area contributed by atoms with E-state index in [1.165, 1.54) is 12.4 Å². The molecule has 7 heteroatoms. The maximum absolute atomic E-state index is 12.7. The van der Waals surface area contributed by atoms with Crippen molar-refractivity contribution in [2.45, 2.75) is 18.4 Å². The highest BCUT2D eigenvalue weighted by atomic mass is 32.2. The molecule has 3 aromatic carbocycles. The summed E-state index contributed by atoms with van der Waals surface area (Å²) in [4.78, 5) is 8.44. The van der Waals surface area contributed by atoms with Gasteiger partial charge in [-0.2, -0.15) is 0 Å². The number of anilines is 1. The molecule has 0 unspecified atom stereocenters. The normalized spacial score (nSPS) is 11.1. The van der Waals surface area contributed by atoms with E-state index in [9.17, 15) is 8.42 Å². The Hall–Kier alpha value is -3.71. The Labute approximate surface area is 181 Å². The number of rotatable bonds is 7. The van der Waals surface area contributed by atoms with Crippen molar-refractivity contribution in [3.63, 3.8) is 0 Å². The molecule has 0 amide bonds. The van der Waals surface area contributed by atoms with Crippen LogP contribution in [-0.4, -0.2) is 18.4 Å². The Balaban J connectivity index is 1.56. The van der Waals surface area contributed by atoms with Crippen molar-refractivity contribution < 1.29 is 13.2 Å². The van der Waals surface area contributed by atoms with Crippen molar-refractivity contribution in [2.75, 3.05) is 4.72 Å². The van der Waals surface area contributed by atoms with Crippen LogP contribution in [0.1, 0.15) is 11.1 Å². The molecule has 0 aliphatic heterocycles. The smallest absolute Gasteiger partial charge is 0.263 e. The van der Waals surface area contributed by atoms with Crippen LogP contribution in [0.3, 0.4) is 0 Å². The number of ether oxygens (including phenoxy) is 1. The zero-order chi connectivity index (χ0) is 21.7. The van der Waals surface area contributed by atoms with Crippen LogP contribution in [-0.2, 0) is 16.6 Å². The molecule has 1 N–H and O–H groups in total. The van der Waals surface area contributed by atoms with Crippen LogP contribution < -0.4 is 9.46 Å². The van der Waals surface area contributed by atoms with Gasteiger partial charge in [-0.1, -0.05) is 72.3 Å². The predicted molar refractivity (Wildman–Crippen MR) is 120 cm³/mol.